The average molecular weight is 351 g/mol. The summed E-state index contributed by atoms with van der Waals surface area (Å²) in [5, 5.41) is 2.14. The van der Waals surface area contributed by atoms with E-state index < -0.39 is 31.0 Å². The molecule has 1 aromatic rings. The molecule has 0 fully saturated rings. The van der Waals surface area contributed by atoms with Gasteiger partial charge in [0, 0.05) is 0 Å². The smallest absolute Gasteiger partial charge is 0.277 e. The Hall–Kier alpha value is -1.40. The topological polar surface area (TPSA) is 64.3 Å². The van der Waals surface area contributed by atoms with Crippen molar-refractivity contribution < 1.29 is 18.3 Å². The van der Waals surface area contributed by atoms with E-state index in [9.17, 15) is 13.6 Å². The van der Waals surface area contributed by atoms with Crippen LogP contribution in [0.1, 0.15) is 33.3 Å². The van der Waals surface area contributed by atoms with Gasteiger partial charge >= 0.3 is 0 Å². The van der Waals surface area contributed by atoms with E-state index >= 15 is 0 Å². The summed E-state index contributed by atoms with van der Waals surface area (Å²) in [6.07, 6.45) is -0.867. The molecule has 0 spiro atoms. The monoisotopic (exact) mass is 350 g/mol. The zero-order valence-electron chi connectivity index (χ0n) is 13.9. The highest BCUT2D eigenvalue weighted by molar-refractivity contribution is 5.85. The molecule has 3 N–H and O–H groups in total. The van der Waals surface area contributed by atoms with Crippen LogP contribution in [0.2, 0.25) is 0 Å². The maximum Gasteiger partial charge on any atom is 0.277 e. The third-order valence-corrected chi connectivity index (χ3v) is 3.22. The Morgan fingerprint density at radius 3 is 2.22 bits per heavy atom. The van der Waals surface area contributed by atoms with E-state index in [0.29, 0.717) is 5.75 Å². The fraction of sp³-hybridized carbons (Fsp3) is 0.562. The summed E-state index contributed by atoms with van der Waals surface area (Å²) in [6.45, 7) is 6.19. The standard InChI is InChI=1S/C16H24F2N2O2.ClH/c1-11(14(21)20-10-16(17,18)9-19)22-13-7-5-12(6-8-13)15(2,3)4;/h5-8,11H,9-10,19H2,1-4H3,(H,20,21);1H. The first-order chi connectivity index (χ1) is 10.0. The number of carbonyl (C=O) groups is 1. The number of nitrogens with two attached hydrogens (primary N) is 1. The van der Waals surface area contributed by atoms with Gasteiger partial charge in [0.1, 0.15) is 5.75 Å². The van der Waals surface area contributed by atoms with Crippen LogP contribution in [0.25, 0.3) is 0 Å². The van der Waals surface area contributed by atoms with E-state index in [4.69, 9.17) is 10.5 Å². The Labute approximate surface area is 142 Å². The van der Waals surface area contributed by atoms with Gasteiger partial charge in [-0.3, -0.25) is 4.79 Å². The summed E-state index contributed by atoms with van der Waals surface area (Å²) in [5.74, 6) is -3.20. The van der Waals surface area contributed by atoms with Gasteiger partial charge in [-0.15, -0.1) is 12.4 Å². The van der Waals surface area contributed by atoms with Crippen LogP contribution in [0.5, 0.6) is 5.75 Å². The predicted octanol–water partition coefficient (Wildman–Crippen LogP) is 2.88. The van der Waals surface area contributed by atoms with Crippen molar-refractivity contribution in [3.8, 4) is 5.75 Å². The molecule has 0 saturated carbocycles. The summed E-state index contributed by atoms with van der Waals surface area (Å²) in [7, 11) is 0. The molecule has 1 atom stereocenters. The second-order valence-electron chi connectivity index (χ2n) is 6.31. The maximum atomic E-state index is 13.0. The first-order valence-corrected chi connectivity index (χ1v) is 7.18. The molecule has 1 rings (SSSR count). The molecular formula is C16H25ClF2N2O2. The molecule has 0 saturated heterocycles. The SMILES string of the molecule is CC(Oc1ccc(C(C)(C)C)cc1)C(=O)NCC(F)(F)CN.Cl. The first-order valence-electron chi connectivity index (χ1n) is 7.18. The van der Waals surface area contributed by atoms with Crippen LogP contribution >= 0.6 is 12.4 Å². The molecule has 0 heterocycles. The van der Waals surface area contributed by atoms with Gasteiger partial charge in [0.2, 0.25) is 0 Å². The first kappa shape index (κ1) is 21.6. The quantitative estimate of drug-likeness (QED) is 0.829. The van der Waals surface area contributed by atoms with Gasteiger partial charge in [-0.05, 0) is 30.0 Å². The van der Waals surface area contributed by atoms with Gasteiger partial charge in [-0.25, -0.2) is 8.78 Å². The number of rotatable bonds is 6. The average Bonchev–Trinajstić information content (AvgIpc) is 2.44. The zero-order chi connectivity index (χ0) is 17.0. The fourth-order valence-corrected chi connectivity index (χ4v) is 1.72. The van der Waals surface area contributed by atoms with Crippen LogP contribution in [-0.2, 0) is 10.2 Å². The van der Waals surface area contributed by atoms with Crippen molar-refractivity contribution in [2.24, 2.45) is 5.73 Å². The lowest BCUT2D eigenvalue weighted by Crippen LogP contribution is -2.45. The highest BCUT2D eigenvalue weighted by Gasteiger charge is 2.28. The zero-order valence-corrected chi connectivity index (χ0v) is 14.7. The van der Waals surface area contributed by atoms with E-state index in [1.54, 1.807) is 12.1 Å². The normalized spacial score (nSPS) is 13.0. The van der Waals surface area contributed by atoms with Gasteiger partial charge in [0.25, 0.3) is 11.8 Å². The van der Waals surface area contributed by atoms with Crippen molar-refractivity contribution in [1.29, 1.82) is 0 Å². The molecule has 0 aromatic heterocycles. The van der Waals surface area contributed by atoms with E-state index in [2.05, 4.69) is 26.1 Å². The molecule has 0 aliphatic carbocycles. The number of amides is 1. The second kappa shape index (κ2) is 8.45. The summed E-state index contributed by atoms with van der Waals surface area (Å²) in [4.78, 5) is 11.7. The largest absolute Gasteiger partial charge is 0.481 e. The Kier molecular flexibility index (Phi) is 7.94. The minimum atomic E-state index is -3.11. The number of carbonyl (C=O) groups excluding carboxylic acids is 1. The number of benzene rings is 1. The molecule has 4 nitrogen and oxygen atoms in total. The van der Waals surface area contributed by atoms with Gasteiger partial charge in [-0.2, -0.15) is 0 Å². The molecule has 7 heteroatoms. The Balaban J connectivity index is 0.00000484. The van der Waals surface area contributed by atoms with E-state index in [1.165, 1.54) is 6.92 Å². The third kappa shape index (κ3) is 7.14. The number of halogens is 3. The summed E-state index contributed by atoms with van der Waals surface area (Å²) < 4.78 is 31.4. The van der Waals surface area contributed by atoms with Crippen LogP contribution in [0, 0.1) is 0 Å². The van der Waals surface area contributed by atoms with Gasteiger partial charge in [0.15, 0.2) is 6.10 Å². The lowest BCUT2D eigenvalue weighted by Gasteiger charge is -2.20. The van der Waals surface area contributed by atoms with E-state index in [0.717, 1.165) is 5.56 Å². The van der Waals surface area contributed by atoms with Crippen molar-refractivity contribution in [3.05, 3.63) is 29.8 Å². The van der Waals surface area contributed by atoms with Crippen molar-refractivity contribution in [2.75, 3.05) is 13.1 Å². The van der Waals surface area contributed by atoms with Gasteiger partial charge < -0.3 is 15.8 Å². The van der Waals surface area contributed by atoms with Crippen molar-refractivity contribution in [2.45, 2.75) is 45.1 Å². The van der Waals surface area contributed by atoms with Crippen molar-refractivity contribution in [3.63, 3.8) is 0 Å². The Bertz CT molecular complexity index is 502. The molecule has 0 aliphatic rings. The molecule has 0 bridgehead atoms. The van der Waals surface area contributed by atoms with Crippen LogP contribution in [0.15, 0.2) is 24.3 Å². The molecule has 0 radical (unpaired) electrons. The number of hydrogen-bond acceptors (Lipinski definition) is 3. The van der Waals surface area contributed by atoms with Crippen molar-refractivity contribution in [1.82, 2.24) is 5.32 Å². The van der Waals surface area contributed by atoms with Crippen LogP contribution in [0.4, 0.5) is 8.78 Å². The number of hydrogen-bond donors (Lipinski definition) is 2. The van der Waals surface area contributed by atoms with Gasteiger partial charge in [0.05, 0.1) is 13.1 Å². The van der Waals surface area contributed by atoms with E-state index in [1.807, 2.05) is 12.1 Å². The fourth-order valence-electron chi connectivity index (χ4n) is 1.72. The Morgan fingerprint density at radius 2 is 1.78 bits per heavy atom. The minimum Gasteiger partial charge on any atom is -0.481 e. The molecule has 1 amide bonds. The molecular weight excluding hydrogens is 326 g/mol. The number of ether oxygens (including phenoxy) is 1. The molecule has 1 unspecified atom stereocenters. The lowest BCUT2D eigenvalue weighted by molar-refractivity contribution is -0.129. The van der Waals surface area contributed by atoms with Crippen LogP contribution in [0.3, 0.4) is 0 Å². The van der Waals surface area contributed by atoms with Crippen LogP contribution < -0.4 is 15.8 Å². The lowest BCUT2D eigenvalue weighted by atomic mass is 9.87. The number of alkyl halides is 2. The highest BCUT2D eigenvalue weighted by atomic mass is 35.5. The number of nitrogens with one attached hydrogen (secondary N) is 1. The highest BCUT2D eigenvalue weighted by Crippen LogP contribution is 2.24. The van der Waals surface area contributed by atoms with E-state index in [-0.39, 0.29) is 17.8 Å². The molecule has 0 aliphatic heterocycles. The third-order valence-electron chi connectivity index (χ3n) is 3.22. The maximum absolute atomic E-state index is 13.0. The Morgan fingerprint density at radius 1 is 1.26 bits per heavy atom. The summed E-state index contributed by atoms with van der Waals surface area (Å²) >= 11 is 0. The molecule has 132 valence electrons. The summed E-state index contributed by atoms with van der Waals surface area (Å²) in [5.41, 5.74) is 6.07. The van der Waals surface area contributed by atoms with Gasteiger partial charge in [-0.1, -0.05) is 32.9 Å². The van der Waals surface area contributed by atoms with Crippen molar-refractivity contribution >= 4 is 18.3 Å². The summed E-state index contributed by atoms with van der Waals surface area (Å²) in [6, 6.07) is 7.36. The minimum absolute atomic E-state index is 0. The van der Waals surface area contributed by atoms with Crippen LogP contribution in [-0.4, -0.2) is 31.0 Å². The molecule has 1 aromatic carbocycles. The molecule has 23 heavy (non-hydrogen) atoms. The predicted molar refractivity (Wildman–Crippen MR) is 89.5 cm³/mol. The second-order valence-corrected chi connectivity index (χ2v) is 6.31.